The van der Waals surface area contributed by atoms with Gasteiger partial charge in [-0.3, -0.25) is 4.79 Å². The lowest BCUT2D eigenvalue weighted by atomic mass is 10.1. The summed E-state index contributed by atoms with van der Waals surface area (Å²) in [4.78, 5) is 19.2. The lowest BCUT2D eigenvalue weighted by Gasteiger charge is -2.22. The second kappa shape index (κ2) is 10.5. The van der Waals surface area contributed by atoms with Crippen molar-refractivity contribution in [2.24, 2.45) is 12.0 Å². The van der Waals surface area contributed by atoms with E-state index < -0.39 is 0 Å². The molecule has 1 aromatic carbocycles. The van der Waals surface area contributed by atoms with Gasteiger partial charge in [0.05, 0.1) is 13.1 Å². The summed E-state index contributed by atoms with van der Waals surface area (Å²) in [6.07, 6.45) is 2.96. The summed E-state index contributed by atoms with van der Waals surface area (Å²) >= 11 is 0. The van der Waals surface area contributed by atoms with Gasteiger partial charge in [-0.1, -0.05) is 19.1 Å². The Morgan fingerprint density at radius 2 is 2.04 bits per heavy atom. The summed E-state index contributed by atoms with van der Waals surface area (Å²) in [6, 6.07) is 12.0. The zero-order valence-corrected chi connectivity index (χ0v) is 17.7. The molecule has 0 aliphatic carbocycles. The molecule has 0 radical (unpaired) electrons. The molecule has 0 saturated heterocycles. The third-order valence-electron chi connectivity index (χ3n) is 4.74. The predicted octanol–water partition coefficient (Wildman–Crippen LogP) is 3.15. The maximum absolute atomic E-state index is 12.4. The van der Waals surface area contributed by atoms with Gasteiger partial charge >= 0.3 is 0 Å². The van der Waals surface area contributed by atoms with Crippen LogP contribution in [0.4, 0.5) is 0 Å². The maximum atomic E-state index is 12.4. The Kier molecular flexibility index (Phi) is 8.11. The van der Waals surface area contributed by atoms with Crippen LogP contribution in [0.25, 0.3) is 0 Å². The molecule has 0 saturated carbocycles. The molecule has 28 heavy (non-hydrogen) atoms. The highest BCUT2D eigenvalue weighted by Crippen LogP contribution is 2.09. The van der Waals surface area contributed by atoms with Crippen molar-refractivity contribution in [1.82, 2.24) is 20.1 Å². The lowest BCUT2D eigenvalue weighted by Crippen LogP contribution is -2.38. The highest BCUT2D eigenvalue weighted by atomic mass is 16.1. The minimum atomic E-state index is -0.0343. The monoisotopic (exact) mass is 383 g/mol. The van der Waals surface area contributed by atoms with Crippen molar-refractivity contribution in [3.63, 3.8) is 0 Å². The predicted molar refractivity (Wildman–Crippen MR) is 115 cm³/mol. The van der Waals surface area contributed by atoms with E-state index in [0.717, 1.165) is 31.0 Å². The topological polar surface area (TPSA) is 61.7 Å². The minimum Gasteiger partial charge on any atom is -0.357 e. The molecule has 1 atom stereocenters. The number of hydrogen-bond acceptors (Lipinski definition) is 2. The molecule has 6 heteroatoms. The quantitative estimate of drug-likeness (QED) is 0.544. The van der Waals surface area contributed by atoms with Crippen molar-refractivity contribution in [3.05, 3.63) is 59.4 Å². The molecule has 2 rings (SSSR count). The van der Waals surface area contributed by atoms with Crippen molar-refractivity contribution in [3.8, 4) is 0 Å². The fourth-order valence-corrected chi connectivity index (χ4v) is 2.83. The van der Waals surface area contributed by atoms with E-state index in [4.69, 9.17) is 4.99 Å². The second-order valence-corrected chi connectivity index (χ2v) is 7.12. The van der Waals surface area contributed by atoms with Crippen molar-refractivity contribution in [2.75, 3.05) is 13.6 Å². The molecule has 2 aromatic rings. The van der Waals surface area contributed by atoms with E-state index in [-0.39, 0.29) is 11.9 Å². The highest BCUT2D eigenvalue weighted by molar-refractivity contribution is 5.94. The molecule has 1 unspecified atom stereocenters. The summed E-state index contributed by atoms with van der Waals surface area (Å²) in [5.74, 6) is 0.811. The van der Waals surface area contributed by atoms with Crippen LogP contribution in [0.3, 0.4) is 0 Å². The smallest absolute Gasteiger partial charge is 0.251 e. The Labute approximate surface area is 168 Å². The molecule has 1 aromatic heterocycles. The Hall–Kier alpha value is -2.76. The van der Waals surface area contributed by atoms with Gasteiger partial charge in [0.1, 0.15) is 0 Å². The van der Waals surface area contributed by atoms with E-state index >= 15 is 0 Å². The van der Waals surface area contributed by atoms with Crippen LogP contribution >= 0.6 is 0 Å². The molecule has 1 amide bonds. The first-order chi connectivity index (χ1) is 13.4. The maximum Gasteiger partial charge on any atom is 0.251 e. The van der Waals surface area contributed by atoms with Crippen molar-refractivity contribution in [2.45, 2.75) is 46.3 Å². The number of carbonyl (C=O) groups excluding carboxylic acids is 1. The van der Waals surface area contributed by atoms with Gasteiger partial charge in [-0.2, -0.15) is 0 Å². The number of aliphatic imine (C=N–C) groups is 1. The first kappa shape index (κ1) is 21.5. The van der Waals surface area contributed by atoms with Crippen LogP contribution in [-0.4, -0.2) is 41.0 Å². The van der Waals surface area contributed by atoms with E-state index in [0.29, 0.717) is 12.1 Å². The summed E-state index contributed by atoms with van der Waals surface area (Å²) in [7, 11) is 4.08. The second-order valence-electron chi connectivity index (χ2n) is 7.12. The van der Waals surface area contributed by atoms with Crippen LogP contribution in [0.2, 0.25) is 0 Å². The van der Waals surface area contributed by atoms with Crippen molar-refractivity contribution in [1.29, 1.82) is 0 Å². The molecular weight excluding hydrogens is 350 g/mol. The molecule has 152 valence electrons. The zero-order chi connectivity index (χ0) is 20.5. The van der Waals surface area contributed by atoms with E-state index in [9.17, 15) is 4.79 Å². The number of nitrogens with zero attached hydrogens (tertiary/aromatic N) is 3. The Morgan fingerprint density at radius 1 is 1.25 bits per heavy atom. The van der Waals surface area contributed by atoms with E-state index in [1.54, 1.807) is 0 Å². The van der Waals surface area contributed by atoms with Crippen molar-refractivity contribution < 1.29 is 4.79 Å². The number of hydrogen-bond donors (Lipinski definition) is 2. The van der Waals surface area contributed by atoms with E-state index in [1.807, 2.05) is 57.5 Å². The minimum absolute atomic E-state index is 0.0343. The Morgan fingerprint density at radius 3 is 2.68 bits per heavy atom. The van der Waals surface area contributed by atoms with Gasteiger partial charge in [-0.25, -0.2) is 4.99 Å². The summed E-state index contributed by atoms with van der Waals surface area (Å²) in [5, 5.41) is 6.35. The van der Waals surface area contributed by atoms with Gasteiger partial charge in [-0.05, 0) is 50.1 Å². The highest BCUT2D eigenvalue weighted by Gasteiger charge is 2.10. The van der Waals surface area contributed by atoms with E-state index in [2.05, 4.69) is 40.0 Å². The van der Waals surface area contributed by atoms with Gasteiger partial charge in [0.25, 0.3) is 5.91 Å². The molecule has 2 N–H and O–H groups in total. The third kappa shape index (κ3) is 6.15. The van der Waals surface area contributed by atoms with Crippen LogP contribution in [-0.2, 0) is 20.1 Å². The van der Waals surface area contributed by atoms with Gasteiger partial charge in [0.2, 0.25) is 0 Å². The van der Waals surface area contributed by atoms with E-state index in [1.165, 1.54) is 5.69 Å². The first-order valence-electron chi connectivity index (χ1n) is 9.94. The normalized spacial score (nSPS) is 12.5. The molecule has 0 aliphatic heterocycles. The Bertz CT molecular complexity index is 796. The SMILES string of the molecule is CCNC(=NCc1cccc(C(=O)NC(C)CC)c1)N(C)Cc1cccn1C. The number of rotatable bonds is 8. The number of aryl methyl sites for hydroxylation is 1. The van der Waals surface area contributed by atoms with Crippen LogP contribution in [0, 0.1) is 0 Å². The Balaban J connectivity index is 2.08. The number of carbonyl (C=O) groups is 1. The summed E-state index contributed by atoms with van der Waals surface area (Å²) < 4.78 is 2.11. The van der Waals surface area contributed by atoms with Crippen LogP contribution in [0.1, 0.15) is 48.8 Å². The summed E-state index contributed by atoms with van der Waals surface area (Å²) in [6.45, 7) is 8.22. The molecule has 1 heterocycles. The number of aromatic nitrogens is 1. The standard InChI is InChI=1S/C22H33N5O/c1-6-17(3)25-21(28)19-11-8-10-18(14-19)15-24-22(23-7-2)27(5)16-20-12-9-13-26(20)4/h8-14,17H,6-7,15-16H2,1-5H3,(H,23,24)(H,25,28). The van der Waals surface area contributed by atoms with Crippen LogP contribution < -0.4 is 10.6 Å². The summed E-state index contributed by atoms with van der Waals surface area (Å²) in [5.41, 5.74) is 2.91. The fraction of sp³-hybridized carbons (Fsp3) is 0.455. The first-order valence-corrected chi connectivity index (χ1v) is 9.94. The largest absolute Gasteiger partial charge is 0.357 e. The lowest BCUT2D eigenvalue weighted by molar-refractivity contribution is 0.0939. The van der Waals surface area contributed by atoms with Crippen LogP contribution in [0.5, 0.6) is 0 Å². The zero-order valence-electron chi connectivity index (χ0n) is 17.7. The number of amides is 1. The molecule has 6 nitrogen and oxygen atoms in total. The molecule has 0 fully saturated rings. The van der Waals surface area contributed by atoms with Gasteiger partial charge in [0.15, 0.2) is 5.96 Å². The molecule has 0 aliphatic rings. The molecular formula is C22H33N5O. The van der Waals surface area contributed by atoms with Crippen molar-refractivity contribution >= 4 is 11.9 Å². The number of benzene rings is 1. The fourth-order valence-electron chi connectivity index (χ4n) is 2.83. The average Bonchev–Trinajstić information content (AvgIpc) is 3.09. The third-order valence-corrected chi connectivity index (χ3v) is 4.74. The molecule has 0 spiro atoms. The van der Waals surface area contributed by atoms with Gasteiger partial charge in [-0.15, -0.1) is 0 Å². The van der Waals surface area contributed by atoms with Gasteiger partial charge < -0.3 is 20.1 Å². The number of nitrogens with one attached hydrogen (secondary N) is 2. The molecule has 0 bridgehead atoms. The van der Waals surface area contributed by atoms with Gasteiger partial charge in [0, 0.05) is 44.1 Å². The van der Waals surface area contributed by atoms with Crippen LogP contribution in [0.15, 0.2) is 47.6 Å². The average molecular weight is 384 g/mol. The number of guanidine groups is 1.